The molecular weight excluding hydrogens is 290 g/mol. The molecule has 5 nitrogen and oxygen atoms in total. The van der Waals surface area contributed by atoms with Gasteiger partial charge >= 0.3 is 0 Å². The van der Waals surface area contributed by atoms with Gasteiger partial charge in [0, 0.05) is 38.0 Å². The zero-order valence-electron chi connectivity index (χ0n) is 12.7. The van der Waals surface area contributed by atoms with Gasteiger partial charge in [-0.15, -0.1) is 12.4 Å². The van der Waals surface area contributed by atoms with Crippen LogP contribution in [0.1, 0.15) is 51.4 Å². The summed E-state index contributed by atoms with van der Waals surface area (Å²) in [7, 11) is 0. The molecule has 21 heavy (non-hydrogen) atoms. The zero-order chi connectivity index (χ0) is 14.4. The summed E-state index contributed by atoms with van der Waals surface area (Å²) in [5, 5.41) is 2.92. The van der Waals surface area contributed by atoms with Crippen LogP contribution in [-0.2, 0) is 9.59 Å². The number of nitrogens with zero attached hydrogens (tertiary/aromatic N) is 1. The summed E-state index contributed by atoms with van der Waals surface area (Å²) in [5.41, 5.74) is 5.37. The van der Waals surface area contributed by atoms with E-state index in [1.807, 2.05) is 4.90 Å². The van der Waals surface area contributed by atoms with Crippen molar-refractivity contribution in [1.29, 1.82) is 0 Å². The second-order valence-electron chi connectivity index (χ2n) is 6.01. The highest BCUT2D eigenvalue weighted by atomic mass is 35.5. The van der Waals surface area contributed by atoms with E-state index >= 15 is 0 Å². The van der Waals surface area contributed by atoms with Gasteiger partial charge in [-0.1, -0.05) is 12.8 Å². The zero-order valence-corrected chi connectivity index (χ0v) is 13.5. The van der Waals surface area contributed by atoms with Gasteiger partial charge in [0.15, 0.2) is 0 Å². The number of amides is 2. The van der Waals surface area contributed by atoms with Crippen molar-refractivity contribution < 1.29 is 9.59 Å². The third kappa shape index (κ3) is 5.15. The number of nitrogens with one attached hydrogen (secondary N) is 1. The molecule has 0 radical (unpaired) electrons. The third-order valence-corrected chi connectivity index (χ3v) is 4.52. The fourth-order valence-electron chi connectivity index (χ4n) is 3.36. The lowest BCUT2D eigenvalue weighted by Gasteiger charge is -2.37. The molecule has 2 amide bonds. The van der Waals surface area contributed by atoms with Crippen LogP contribution in [0.2, 0.25) is 0 Å². The van der Waals surface area contributed by atoms with Crippen molar-refractivity contribution in [3.8, 4) is 0 Å². The summed E-state index contributed by atoms with van der Waals surface area (Å²) in [5.74, 6) is 0.543. The van der Waals surface area contributed by atoms with Gasteiger partial charge in [0.05, 0.1) is 0 Å². The number of hydrogen-bond donors (Lipinski definition) is 2. The first-order valence-electron chi connectivity index (χ1n) is 7.99. The number of nitrogens with two attached hydrogens (primary N) is 1. The molecule has 122 valence electrons. The van der Waals surface area contributed by atoms with Crippen LogP contribution >= 0.6 is 12.4 Å². The molecular formula is C15H28ClN3O2. The molecule has 1 aliphatic heterocycles. The van der Waals surface area contributed by atoms with E-state index in [1.54, 1.807) is 0 Å². The lowest BCUT2D eigenvalue weighted by atomic mass is 9.98. The molecule has 2 aliphatic rings. The number of hydrogen-bond acceptors (Lipinski definition) is 3. The first-order valence-corrected chi connectivity index (χ1v) is 7.99. The van der Waals surface area contributed by atoms with E-state index in [2.05, 4.69) is 5.32 Å². The highest BCUT2D eigenvalue weighted by molar-refractivity contribution is 5.85. The van der Waals surface area contributed by atoms with E-state index in [-0.39, 0.29) is 30.3 Å². The van der Waals surface area contributed by atoms with Crippen molar-refractivity contribution in [3.05, 3.63) is 0 Å². The summed E-state index contributed by atoms with van der Waals surface area (Å²) in [6, 6.07) is 0.179. The number of halogens is 1. The molecule has 0 aromatic rings. The Morgan fingerprint density at radius 2 is 1.76 bits per heavy atom. The van der Waals surface area contributed by atoms with Crippen molar-refractivity contribution in [2.75, 3.05) is 19.6 Å². The van der Waals surface area contributed by atoms with Crippen molar-refractivity contribution >= 4 is 24.2 Å². The summed E-state index contributed by atoms with van der Waals surface area (Å²) in [6.45, 7) is 1.81. The molecule has 1 saturated carbocycles. The molecule has 3 N–H and O–H groups in total. The van der Waals surface area contributed by atoms with Crippen LogP contribution < -0.4 is 11.1 Å². The van der Waals surface area contributed by atoms with E-state index in [9.17, 15) is 9.59 Å². The number of likely N-dealkylation sites (tertiary alicyclic amines) is 1. The molecule has 1 unspecified atom stereocenters. The van der Waals surface area contributed by atoms with Gasteiger partial charge in [-0.2, -0.15) is 0 Å². The average Bonchev–Trinajstić information content (AvgIpc) is 2.99. The Hall–Kier alpha value is -0.810. The number of rotatable bonds is 5. The Bertz CT molecular complexity index is 346. The summed E-state index contributed by atoms with van der Waals surface area (Å²) in [6.07, 6.45) is 8.05. The van der Waals surface area contributed by atoms with Crippen molar-refractivity contribution in [2.45, 2.75) is 57.4 Å². The summed E-state index contributed by atoms with van der Waals surface area (Å²) in [4.78, 5) is 26.1. The molecule has 6 heteroatoms. The standard InChI is InChI=1S/C15H27N3O2.ClH/c16-9-8-14(19)17-11-13-7-3-4-10-18(13)15(20)12-5-1-2-6-12;/h12-13H,1-11,16H2,(H,17,19);1H. The summed E-state index contributed by atoms with van der Waals surface area (Å²) >= 11 is 0. The van der Waals surface area contributed by atoms with Crippen LogP contribution in [0.4, 0.5) is 0 Å². The highest BCUT2D eigenvalue weighted by Gasteiger charge is 2.32. The summed E-state index contributed by atoms with van der Waals surface area (Å²) < 4.78 is 0. The third-order valence-electron chi connectivity index (χ3n) is 4.52. The van der Waals surface area contributed by atoms with Gasteiger partial charge in [0.1, 0.15) is 0 Å². The van der Waals surface area contributed by atoms with Gasteiger partial charge in [0.25, 0.3) is 0 Å². The molecule has 0 aromatic heterocycles. The Morgan fingerprint density at radius 3 is 2.43 bits per heavy atom. The second kappa shape index (κ2) is 9.26. The van der Waals surface area contributed by atoms with Crippen LogP contribution in [-0.4, -0.2) is 42.4 Å². The lowest BCUT2D eigenvalue weighted by Crippen LogP contribution is -2.51. The molecule has 1 heterocycles. The predicted octanol–water partition coefficient (Wildman–Crippen LogP) is 1.44. The van der Waals surface area contributed by atoms with Crippen LogP contribution in [0, 0.1) is 5.92 Å². The van der Waals surface area contributed by atoms with Gasteiger partial charge in [0.2, 0.25) is 11.8 Å². The van der Waals surface area contributed by atoms with Gasteiger partial charge in [-0.25, -0.2) is 0 Å². The fourth-order valence-corrected chi connectivity index (χ4v) is 3.36. The van der Waals surface area contributed by atoms with Crippen LogP contribution in [0.25, 0.3) is 0 Å². The molecule has 0 aromatic carbocycles. The van der Waals surface area contributed by atoms with Gasteiger partial charge in [-0.05, 0) is 32.1 Å². The quantitative estimate of drug-likeness (QED) is 0.805. The van der Waals surface area contributed by atoms with Crippen molar-refractivity contribution in [1.82, 2.24) is 10.2 Å². The van der Waals surface area contributed by atoms with E-state index in [0.717, 1.165) is 38.6 Å². The molecule has 0 bridgehead atoms. The SMILES string of the molecule is Cl.NCCC(=O)NCC1CCCCN1C(=O)C1CCCC1. The Morgan fingerprint density at radius 1 is 1.10 bits per heavy atom. The van der Waals surface area contributed by atoms with Crippen molar-refractivity contribution in [2.24, 2.45) is 11.7 Å². The minimum Gasteiger partial charge on any atom is -0.354 e. The van der Waals surface area contributed by atoms with Crippen molar-refractivity contribution in [3.63, 3.8) is 0 Å². The van der Waals surface area contributed by atoms with Gasteiger partial charge in [-0.3, -0.25) is 9.59 Å². The highest BCUT2D eigenvalue weighted by Crippen LogP contribution is 2.29. The number of piperidine rings is 1. The first kappa shape index (κ1) is 18.2. The first-order chi connectivity index (χ1) is 9.72. The maximum Gasteiger partial charge on any atom is 0.225 e. The molecule has 1 aliphatic carbocycles. The van der Waals surface area contributed by atoms with Gasteiger partial charge < -0.3 is 16.0 Å². The Balaban J connectivity index is 0.00000220. The van der Waals surface area contributed by atoms with E-state index in [1.165, 1.54) is 12.8 Å². The second-order valence-corrected chi connectivity index (χ2v) is 6.01. The lowest BCUT2D eigenvalue weighted by molar-refractivity contribution is -0.139. The number of carbonyl (C=O) groups is 2. The molecule has 2 fully saturated rings. The topological polar surface area (TPSA) is 75.4 Å². The molecule has 1 atom stereocenters. The van der Waals surface area contributed by atoms with E-state index in [0.29, 0.717) is 25.4 Å². The minimum atomic E-state index is -0.00802. The Kier molecular flexibility index (Phi) is 8.04. The van der Waals surface area contributed by atoms with Crippen LogP contribution in [0.5, 0.6) is 0 Å². The molecule has 2 rings (SSSR count). The van der Waals surface area contributed by atoms with Crippen LogP contribution in [0.3, 0.4) is 0 Å². The van der Waals surface area contributed by atoms with E-state index in [4.69, 9.17) is 5.73 Å². The number of carbonyl (C=O) groups excluding carboxylic acids is 2. The minimum absolute atomic E-state index is 0. The average molecular weight is 318 g/mol. The monoisotopic (exact) mass is 317 g/mol. The largest absolute Gasteiger partial charge is 0.354 e. The maximum absolute atomic E-state index is 12.6. The molecule has 0 spiro atoms. The van der Waals surface area contributed by atoms with E-state index < -0.39 is 0 Å². The Labute approximate surface area is 133 Å². The fraction of sp³-hybridized carbons (Fsp3) is 0.867. The predicted molar refractivity (Wildman–Crippen MR) is 85.2 cm³/mol. The normalized spacial score (nSPS) is 22.7. The maximum atomic E-state index is 12.6. The van der Waals surface area contributed by atoms with Crippen LogP contribution in [0.15, 0.2) is 0 Å². The smallest absolute Gasteiger partial charge is 0.225 e. The molecule has 1 saturated heterocycles.